The molecule has 1 unspecified atom stereocenters. The largest absolute Gasteiger partial charge is 0.320 e. The smallest absolute Gasteiger partial charge is 0.132 e. The maximum Gasteiger partial charge on any atom is 0.132 e. The van der Waals surface area contributed by atoms with E-state index < -0.39 is 17.7 Å². The van der Waals surface area contributed by atoms with Gasteiger partial charge in [-0.3, -0.25) is 4.98 Å². The molecule has 1 atom stereocenters. The molecule has 2 nitrogen and oxygen atoms in total. The quantitative estimate of drug-likeness (QED) is 0.748. The summed E-state index contributed by atoms with van der Waals surface area (Å²) in [4.78, 5) is 4.23. The molecule has 1 heterocycles. The molecule has 0 spiro atoms. The van der Waals surface area contributed by atoms with E-state index >= 15 is 0 Å². The van der Waals surface area contributed by atoms with Crippen LogP contribution in [-0.2, 0) is 0 Å². The van der Waals surface area contributed by atoms with Crippen LogP contribution in [0.25, 0.3) is 10.9 Å². The topological polar surface area (TPSA) is 38.9 Å². The van der Waals surface area contributed by atoms with Crippen LogP contribution in [0, 0.1) is 11.6 Å². The van der Waals surface area contributed by atoms with Gasteiger partial charge in [0.25, 0.3) is 0 Å². The van der Waals surface area contributed by atoms with Gasteiger partial charge in [0.1, 0.15) is 11.6 Å². The van der Waals surface area contributed by atoms with Crippen molar-refractivity contribution in [3.8, 4) is 0 Å². The summed E-state index contributed by atoms with van der Waals surface area (Å²) in [6.07, 6.45) is 1.67. The summed E-state index contributed by atoms with van der Waals surface area (Å²) in [5.74, 6) is -1.34. The second-order valence-corrected chi connectivity index (χ2v) is 5.59. The number of aromatic nitrogens is 1. The van der Waals surface area contributed by atoms with Crippen LogP contribution in [-0.4, -0.2) is 4.98 Å². The van der Waals surface area contributed by atoms with Gasteiger partial charge < -0.3 is 5.73 Å². The van der Waals surface area contributed by atoms with Crippen LogP contribution in [0.5, 0.6) is 0 Å². The molecule has 106 valence electrons. The van der Waals surface area contributed by atoms with Crippen LogP contribution in [0.4, 0.5) is 8.78 Å². The van der Waals surface area contributed by atoms with Gasteiger partial charge in [-0.25, -0.2) is 8.78 Å². The van der Waals surface area contributed by atoms with Crippen molar-refractivity contribution in [1.82, 2.24) is 4.98 Å². The number of nitrogens with zero attached hydrogens (tertiary/aromatic N) is 1. The molecule has 0 aliphatic carbocycles. The molecule has 0 aliphatic heterocycles. The van der Waals surface area contributed by atoms with Crippen LogP contribution in [0.2, 0.25) is 0 Å². The van der Waals surface area contributed by atoms with Crippen molar-refractivity contribution >= 4 is 26.8 Å². The lowest BCUT2D eigenvalue weighted by molar-refractivity contribution is 0.542. The zero-order chi connectivity index (χ0) is 15.0. The Balaban J connectivity index is 2.20. The number of benzene rings is 2. The standard InChI is InChI=1S/C16H11BrF2N2/c17-9-7-12(18)15(13(19)8-9)16(20)11-3-1-5-14-10(11)4-2-6-21-14/h1-8,16H,20H2. The van der Waals surface area contributed by atoms with E-state index in [2.05, 4.69) is 20.9 Å². The molecule has 0 saturated carbocycles. The minimum Gasteiger partial charge on any atom is -0.320 e. The maximum absolute atomic E-state index is 14.1. The van der Waals surface area contributed by atoms with Crippen LogP contribution >= 0.6 is 15.9 Å². The summed E-state index contributed by atoms with van der Waals surface area (Å²) < 4.78 is 28.5. The highest BCUT2D eigenvalue weighted by atomic mass is 79.9. The second kappa shape index (κ2) is 5.50. The number of pyridine rings is 1. The van der Waals surface area contributed by atoms with E-state index in [1.807, 2.05) is 12.1 Å². The van der Waals surface area contributed by atoms with Crippen molar-refractivity contribution in [2.75, 3.05) is 0 Å². The first-order chi connectivity index (χ1) is 10.1. The summed E-state index contributed by atoms with van der Waals surface area (Å²) in [7, 11) is 0. The SMILES string of the molecule is NC(c1c(F)cc(Br)cc1F)c1cccc2ncccc12. The zero-order valence-electron chi connectivity index (χ0n) is 10.9. The molecule has 3 rings (SSSR count). The Morgan fingerprint density at radius 1 is 1.05 bits per heavy atom. The zero-order valence-corrected chi connectivity index (χ0v) is 12.4. The fraction of sp³-hybridized carbons (Fsp3) is 0.0625. The van der Waals surface area contributed by atoms with Gasteiger partial charge in [-0.1, -0.05) is 34.1 Å². The molecule has 0 fully saturated rings. The highest BCUT2D eigenvalue weighted by Crippen LogP contribution is 2.31. The predicted molar refractivity (Wildman–Crippen MR) is 81.8 cm³/mol. The summed E-state index contributed by atoms with van der Waals surface area (Å²) in [5.41, 5.74) is 7.35. The lowest BCUT2D eigenvalue weighted by Crippen LogP contribution is -2.16. The first-order valence-corrected chi connectivity index (χ1v) is 7.11. The highest BCUT2D eigenvalue weighted by Gasteiger charge is 2.21. The van der Waals surface area contributed by atoms with Crippen LogP contribution in [0.1, 0.15) is 17.2 Å². The fourth-order valence-corrected chi connectivity index (χ4v) is 2.81. The molecule has 0 amide bonds. The Labute approximate surface area is 128 Å². The number of fused-ring (bicyclic) bond motifs is 1. The van der Waals surface area contributed by atoms with Crippen LogP contribution in [0.15, 0.2) is 53.1 Å². The summed E-state index contributed by atoms with van der Waals surface area (Å²) in [6, 6.07) is 10.5. The third-order valence-electron chi connectivity index (χ3n) is 3.37. The van der Waals surface area contributed by atoms with Gasteiger partial charge >= 0.3 is 0 Å². The van der Waals surface area contributed by atoms with Gasteiger partial charge in [-0.05, 0) is 29.8 Å². The van der Waals surface area contributed by atoms with Gasteiger partial charge in [0.2, 0.25) is 0 Å². The van der Waals surface area contributed by atoms with Gasteiger partial charge in [0.15, 0.2) is 0 Å². The summed E-state index contributed by atoms with van der Waals surface area (Å²) in [5, 5.41) is 0.786. The Bertz CT molecular complexity index is 792. The number of rotatable bonds is 2. The van der Waals surface area contributed by atoms with E-state index in [0.717, 1.165) is 10.9 Å². The van der Waals surface area contributed by atoms with Gasteiger partial charge in [0.05, 0.1) is 11.6 Å². The molecule has 1 aromatic heterocycles. The van der Waals surface area contributed by atoms with E-state index in [0.29, 0.717) is 10.0 Å². The third kappa shape index (κ3) is 2.54. The molecule has 0 bridgehead atoms. The monoisotopic (exact) mass is 348 g/mol. The molecule has 2 N–H and O–H groups in total. The van der Waals surface area contributed by atoms with Crippen LogP contribution in [0.3, 0.4) is 0 Å². The van der Waals surface area contributed by atoms with Crippen molar-refractivity contribution in [1.29, 1.82) is 0 Å². The first kappa shape index (κ1) is 14.1. The predicted octanol–water partition coefficient (Wildman–Crippen LogP) is 4.32. The van der Waals surface area contributed by atoms with E-state index in [9.17, 15) is 8.78 Å². The van der Waals surface area contributed by atoms with E-state index in [4.69, 9.17) is 5.73 Å². The van der Waals surface area contributed by atoms with Crippen molar-refractivity contribution in [2.45, 2.75) is 6.04 Å². The number of hydrogen-bond acceptors (Lipinski definition) is 2. The molecule has 5 heteroatoms. The average Bonchev–Trinajstić information content (AvgIpc) is 2.45. The fourth-order valence-electron chi connectivity index (χ4n) is 2.40. The molecule has 3 aromatic rings. The number of halogens is 3. The highest BCUT2D eigenvalue weighted by molar-refractivity contribution is 9.10. The normalized spacial score (nSPS) is 12.6. The minimum atomic E-state index is -0.897. The van der Waals surface area contributed by atoms with E-state index in [1.54, 1.807) is 24.4 Å². The molecular weight excluding hydrogens is 338 g/mol. The molecule has 0 saturated heterocycles. The van der Waals surface area contributed by atoms with E-state index in [-0.39, 0.29) is 5.56 Å². The van der Waals surface area contributed by atoms with Crippen molar-refractivity contribution in [2.24, 2.45) is 5.73 Å². The maximum atomic E-state index is 14.1. The second-order valence-electron chi connectivity index (χ2n) is 4.68. The van der Waals surface area contributed by atoms with Crippen molar-refractivity contribution in [3.05, 3.63) is 75.9 Å². The Morgan fingerprint density at radius 3 is 2.48 bits per heavy atom. The number of hydrogen-bond donors (Lipinski definition) is 1. The molecule has 21 heavy (non-hydrogen) atoms. The van der Waals surface area contributed by atoms with Crippen LogP contribution < -0.4 is 5.73 Å². The lowest BCUT2D eigenvalue weighted by atomic mass is 9.95. The Morgan fingerprint density at radius 2 is 1.76 bits per heavy atom. The van der Waals surface area contributed by atoms with Crippen molar-refractivity contribution < 1.29 is 8.78 Å². The molecule has 0 aliphatic rings. The van der Waals surface area contributed by atoms with E-state index in [1.165, 1.54) is 12.1 Å². The summed E-state index contributed by atoms with van der Waals surface area (Å²) >= 11 is 3.06. The Kier molecular flexibility index (Phi) is 3.69. The third-order valence-corrected chi connectivity index (χ3v) is 3.83. The molecular formula is C16H11BrF2N2. The van der Waals surface area contributed by atoms with Gasteiger partial charge in [-0.2, -0.15) is 0 Å². The van der Waals surface area contributed by atoms with Crippen molar-refractivity contribution in [3.63, 3.8) is 0 Å². The van der Waals surface area contributed by atoms with Gasteiger partial charge in [0, 0.05) is 21.6 Å². The first-order valence-electron chi connectivity index (χ1n) is 6.31. The molecule has 0 radical (unpaired) electrons. The average molecular weight is 349 g/mol. The Hall–Kier alpha value is -1.85. The number of nitrogens with two attached hydrogens (primary N) is 1. The summed E-state index contributed by atoms with van der Waals surface area (Å²) in [6.45, 7) is 0. The van der Waals surface area contributed by atoms with Gasteiger partial charge in [-0.15, -0.1) is 0 Å². The minimum absolute atomic E-state index is 0.144. The lowest BCUT2D eigenvalue weighted by Gasteiger charge is -2.16. The molecule has 2 aromatic carbocycles.